The Labute approximate surface area is 210 Å². The molecule has 0 aliphatic carbocycles. The number of nitrogens with one attached hydrogen (secondary N) is 1. The van der Waals surface area contributed by atoms with Crippen LogP contribution in [0.3, 0.4) is 0 Å². The Hall–Kier alpha value is -2.80. The van der Waals surface area contributed by atoms with Crippen LogP contribution in [0, 0.1) is 0 Å². The minimum absolute atomic E-state index is 0.0225. The van der Waals surface area contributed by atoms with E-state index in [0.29, 0.717) is 24.3 Å². The van der Waals surface area contributed by atoms with E-state index in [-0.39, 0.29) is 24.8 Å². The van der Waals surface area contributed by atoms with Crippen molar-refractivity contribution >= 4 is 21.6 Å². The lowest BCUT2D eigenvalue weighted by molar-refractivity contribution is 0.000589. The van der Waals surface area contributed by atoms with Gasteiger partial charge in [0.05, 0.1) is 24.6 Å². The number of hydrogen-bond donors (Lipinski definition) is 2. The first-order valence-corrected chi connectivity index (χ1v) is 13.4. The molecule has 9 nitrogen and oxygen atoms in total. The topological polar surface area (TPSA) is 97.7 Å². The Bertz CT molecular complexity index is 1110. The highest BCUT2D eigenvalue weighted by Gasteiger charge is 2.29. The number of β-amino-alcohol motifs (C(OH)–C–C–N with tert-alkyl or cyclic N) is 1. The van der Waals surface area contributed by atoms with Gasteiger partial charge in [-0.3, -0.25) is 19.5 Å². The van der Waals surface area contributed by atoms with Gasteiger partial charge in [-0.25, -0.2) is 17.2 Å². The molecule has 0 spiro atoms. The fraction of sp³-hybridized carbons (Fsp3) is 0.458. The predicted octanol–water partition coefficient (Wildman–Crippen LogP) is 1.51. The minimum atomic E-state index is -3.64. The molecule has 2 N–H and O–H groups in total. The van der Waals surface area contributed by atoms with Gasteiger partial charge in [0.2, 0.25) is 22.1 Å². The van der Waals surface area contributed by atoms with Crippen molar-refractivity contribution in [3.8, 4) is 0 Å². The first-order valence-electron chi connectivity index (χ1n) is 11.8. The van der Waals surface area contributed by atoms with E-state index < -0.39 is 22.7 Å². The van der Waals surface area contributed by atoms with Crippen LogP contribution in [0.2, 0.25) is 0 Å². The molecule has 1 atom stereocenters. The smallest absolute Gasteiger partial charge is 0.294 e. The van der Waals surface area contributed by atoms with Gasteiger partial charge < -0.3 is 9.84 Å². The summed E-state index contributed by atoms with van der Waals surface area (Å²) in [6, 6.07) is 15.8. The zero-order valence-corrected chi connectivity index (χ0v) is 20.7. The molecule has 0 bridgehead atoms. The molecule has 0 aromatic heterocycles. The lowest BCUT2D eigenvalue weighted by Crippen LogP contribution is -2.49. The van der Waals surface area contributed by atoms with Gasteiger partial charge in [-0.05, 0) is 29.8 Å². The molecule has 0 amide bonds. The molecular weight excluding hydrogens is 492 g/mol. The third-order valence-electron chi connectivity index (χ3n) is 6.21. The molecule has 36 heavy (non-hydrogen) atoms. The van der Waals surface area contributed by atoms with Gasteiger partial charge in [0.1, 0.15) is 0 Å². The second kappa shape index (κ2) is 12.0. The monoisotopic (exact) mass is 523 g/mol. The van der Waals surface area contributed by atoms with E-state index >= 15 is 0 Å². The average molecular weight is 524 g/mol. The number of anilines is 1. The van der Waals surface area contributed by atoms with Gasteiger partial charge in [-0.1, -0.05) is 30.3 Å². The van der Waals surface area contributed by atoms with Gasteiger partial charge in [0.15, 0.2) is 0 Å². The molecule has 12 heteroatoms. The summed E-state index contributed by atoms with van der Waals surface area (Å²) >= 11 is 0. The van der Waals surface area contributed by atoms with E-state index in [2.05, 4.69) is 20.3 Å². The van der Waals surface area contributed by atoms with Crippen molar-refractivity contribution in [1.29, 1.82) is 0 Å². The summed E-state index contributed by atoms with van der Waals surface area (Å²) in [5.41, 5.74) is 4.08. The fourth-order valence-electron chi connectivity index (χ4n) is 4.13. The van der Waals surface area contributed by atoms with Gasteiger partial charge in [0, 0.05) is 44.8 Å². The quantitative estimate of drug-likeness (QED) is 0.461. The maximum absolute atomic E-state index is 13.5. The van der Waals surface area contributed by atoms with Crippen LogP contribution in [0.15, 0.2) is 59.7 Å². The number of piperazine rings is 1. The van der Waals surface area contributed by atoms with Crippen molar-refractivity contribution in [2.45, 2.75) is 19.2 Å². The van der Waals surface area contributed by atoms with Crippen molar-refractivity contribution in [3.63, 3.8) is 0 Å². The molecule has 1 fully saturated rings. The number of halogens is 2. The number of nitrogens with zero attached hydrogens (tertiary/aromatic N) is 4. The highest BCUT2D eigenvalue weighted by molar-refractivity contribution is 7.92. The Kier molecular flexibility index (Phi) is 8.72. The van der Waals surface area contributed by atoms with Crippen LogP contribution < -0.4 is 9.73 Å². The molecule has 2 aromatic carbocycles. The summed E-state index contributed by atoms with van der Waals surface area (Å²) in [4.78, 5) is 4.29. The molecular formula is C24H31F2N5O4S. The Morgan fingerprint density at radius 3 is 2.25 bits per heavy atom. The molecule has 0 radical (unpaired) electrons. The zero-order chi connectivity index (χ0) is 25.5. The van der Waals surface area contributed by atoms with Crippen LogP contribution in [0.5, 0.6) is 0 Å². The number of aliphatic hydroxyl groups is 1. The molecule has 2 aliphatic rings. The van der Waals surface area contributed by atoms with Crippen LogP contribution in [0.4, 0.5) is 14.5 Å². The molecule has 2 aliphatic heterocycles. The number of rotatable bonds is 11. The van der Waals surface area contributed by atoms with Crippen molar-refractivity contribution in [2.75, 3.05) is 55.9 Å². The Morgan fingerprint density at radius 1 is 1.03 bits per heavy atom. The van der Waals surface area contributed by atoms with Crippen LogP contribution in [0.1, 0.15) is 11.1 Å². The van der Waals surface area contributed by atoms with E-state index in [4.69, 9.17) is 9.84 Å². The van der Waals surface area contributed by atoms with Gasteiger partial charge in [0.25, 0.3) is 6.43 Å². The van der Waals surface area contributed by atoms with Gasteiger partial charge >= 0.3 is 0 Å². The molecule has 0 saturated carbocycles. The Morgan fingerprint density at radius 2 is 1.67 bits per heavy atom. The molecule has 1 saturated heterocycles. The predicted molar refractivity (Wildman–Crippen MR) is 133 cm³/mol. The number of para-hydroxylation sites is 1. The summed E-state index contributed by atoms with van der Waals surface area (Å²) in [7, 11) is -3.64. The fourth-order valence-corrected chi connectivity index (χ4v) is 5.63. The minimum Gasteiger partial charge on any atom is -0.445 e. The van der Waals surface area contributed by atoms with Crippen LogP contribution in [-0.2, 0) is 21.3 Å². The van der Waals surface area contributed by atoms with Crippen molar-refractivity contribution in [2.24, 2.45) is 5.10 Å². The number of aliphatic hydroxyl groups excluding tert-OH is 1. The standard InChI is InChI=1S/C24H31F2N5O4S/c25-22(26)24-28-27-23(35-24)20-8-6-19(7-9-20)18-31(21-4-2-1-3-5-21)36(33,34)17-15-30-12-10-29(11-13-30)14-16-32/h1-9,22,24,28,32H,10-18H2. The molecule has 2 aromatic rings. The highest BCUT2D eigenvalue weighted by atomic mass is 32.2. The SMILES string of the molecule is O=S(=O)(CCN1CCN(CCO)CC1)N(Cc1ccc(C2=NNC(C(F)F)O2)cc1)c1ccccc1. The van der Waals surface area contributed by atoms with E-state index in [0.717, 1.165) is 31.7 Å². The van der Waals surface area contributed by atoms with Crippen LogP contribution in [0.25, 0.3) is 0 Å². The van der Waals surface area contributed by atoms with Gasteiger partial charge in [-0.2, -0.15) is 0 Å². The summed E-state index contributed by atoms with van der Waals surface area (Å²) in [6.45, 7) is 4.43. The van der Waals surface area contributed by atoms with Crippen LogP contribution in [-0.4, -0.2) is 93.5 Å². The normalized spacial score (nSPS) is 19.1. The second-order valence-corrected chi connectivity index (χ2v) is 10.7. The number of ether oxygens (including phenoxy) is 1. The summed E-state index contributed by atoms with van der Waals surface area (Å²) in [6.07, 6.45) is -4.18. The zero-order valence-electron chi connectivity index (χ0n) is 19.8. The largest absolute Gasteiger partial charge is 0.445 e. The lowest BCUT2D eigenvalue weighted by Gasteiger charge is -2.34. The van der Waals surface area contributed by atoms with E-state index in [1.54, 1.807) is 48.5 Å². The number of hydrazone groups is 1. The number of benzene rings is 2. The molecule has 1 unspecified atom stereocenters. The maximum atomic E-state index is 13.5. The van der Waals surface area contributed by atoms with E-state index in [9.17, 15) is 17.2 Å². The first kappa shape index (κ1) is 26.3. The number of hydrogen-bond acceptors (Lipinski definition) is 8. The lowest BCUT2D eigenvalue weighted by atomic mass is 10.1. The van der Waals surface area contributed by atoms with Crippen molar-refractivity contribution in [1.82, 2.24) is 15.2 Å². The molecule has 4 rings (SSSR count). The summed E-state index contributed by atoms with van der Waals surface area (Å²) in [5, 5.41) is 12.9. The Balaban J connectivity index is 1.42. The summed E-state index contributed by atoms with van der Waals surface area (Å²) in [5.74, 6) is 0.0455. The van der Waals surface area contributed by atoms with E-state index in [1.165, 1.54) is 4.31 Å². The van der Waals surface area contributed by atoms with E-state index in [1.807, 2.05) is 6.07 Å². The third kappa shape index (κ3) is 6.69. The van der Waals surface area contributed by atoms with Gasteiger partial charge in [-0.15, -0.1) is 5.10 Å². The summed E-state index contributed by atoms with van der Waals surface area (Å²) < 4.78 is 59.1. The van der Waals surface area contributed by atoms with Crippen molar-refractivity contribution < 1.29 is 27.0 Å². The molecule has 196 valence electrons. The molecule has 2 heterocycles. The number of sulfonamides is 1. The highest BCUT2D eigenvalue weighted by Crippen LogP contribution is 2.22. The first-order chi connectivity index (χ1) is 17.4. The van der Waals surface area contributed by atoms with Crippen molar-refractivity contribution in [3.05, 3.63) is 65.7 Å². The van der Waals surface area contributed by atoms with Crippen LogP contribution >= 0.6 is 0 Å². The second-order valence-electron chi connectivity index (χ2n) is 8.68. The average Bonchev–Trinajstić information content (AvgIpc) is 3.39. The maximum Gasteiger partial charge on any atom is 0.294 e. The third-order valence-corrected chi connectivity index (χ3v) is 7.92. The number of alkyl halides is 2.